The fourth-order valence-corrected chi connectivity index (χ4v) is 2.33. The summed E-state index contributed by atoms with van der Waals surface area (Å²) >= 11 is 0. The number of fused-ring (bicyclic) bond motifs is 1. The van der Waals surface area contributed by atoms with E-state index in [4.69, 9.17) is 0 Å². The maximum atomic E-state index is 4.05. The standard InChI is InChI=1S/C16H17N3/c1-12(13-5-8-17-9-6-13)19-11-15-4-2-3-14-7-10-18-16(14)15/h2-10,12,18-19H,11H2,1H3/t12-/m1/s1. The second kappa shape index (κ2) is 5.24. The molecule has 96 valence electrons. The fourth-order valence-electron chi connectivity index (χ4n) is 2.33. The highest BCUT2D eigenvalue weighted by molar-refractivity contribution is 5.82. The van der Waals surface area contributed by atoms with E-state index in [1.165, 1.54) is 22.0 Å². The van der Waals surface area contributed by atoms with Crippen LogP contribution in [-0.4, -0.2) is 9.97 Å². The predicted molar refractivity (Wildman–Crippen MR) is 77.8 cm³/mol. The van der Waals surface area contributed by atoms with Crippen LogP contribution in [0.3, 0.4) is 0 Å². The van der Waals surface area contributed by atoms with Crippen LogP contribution in [0, 0.1) is 0 Å². The number of pyridine rings is 1. The third-order valence-electron chi connectivity index (χ3n) is 3.48. The van der Waals surface area contributed by atoms with Crippen LogP contribution in [0.5, 0.6) is 0 Å². The highest BCUT2D eigenvalue weighted by Crippen LogP contribution is 2.18. The van der Waals surface area contributed by atoms with Gasteiger partial charge in [-0.1, -0.05) is 18.2 Å². The number of aromatic amines is 1. The number of nitrogens with one attached hydrogen (secondary N) is 2. The molecule has 0 aliphatic rings. The van der Waals surface area contributed by atoms with Gasteiger partial charge in [-0.15, -0.1) is 0 Å². The van der Waals surface area contributed by atoms with Crippen LogP contribution in [0.15, 0.2) is 55.0 Å². The summed E-state index contributed by atoms with van der Waals surface area (Å²) in [7, 11) is 0. The fraction of sp³-hybridized carbons (Fsp3) is 0.188. The topological polar surface area (TPSA) is 40.7 Å². The third kappa shape index (κ3) is 2.51. The van der Waals surface area contributed by atoms with E-state index in [-0.39, 0.29) is 0 Å². The zero-order chi connectivity index (χ0) is 13.1. The molecule has 0 fully saturated rings. The van der Waals surface area contributed by atoms with Crippen LogP contribution in [-0.2, 0) is 6.54 Å². The molecule has 0 unspecified atom stereocenters. The van der Waals surface area contributed by atoms with Crippen LogP contribution in [0.2, 0.25) is 0 Å². The molecule has 3 nitrogen and oxygen atoms in total. The maximum absolute atomic E-state index is 4.05. The molecular weight excluding hydrogens is 234 g/mol. The Morgan fingerprint density at radius 2 is 2.00 bits per heavy atom. The normalized spacial score (nSPS) is 12.7. The van der Waals surface area contributed by atoms with E-state index in [0.717, 1.165) is 6.54 Å². The van der Waals surface area contributed by atoms with Crippen molar-refractivity contribution < 1.29 is 0 Å². The van der Waals surface area contributed by atoms with Crippen molar-refractivity contribution in [3.8, 4) is 0 Å². The molecular formula is C16H17N3. The lowest BCUT2D eigenvalue weighted by Gasteiger charge is -2.14. The quantitative estimate of drug-likeness (QED) is 0.746. The first-order valence-electron chi connectivity index (χ1n) is 6.53. The summed E-state index contributed by atoms with van der Waals surface area (Å²) in [6.07, 6.45) is 5.65. The molecule has 0 radical (unpaired) electrons. The minimum absolute atomic E-state index is 0.313. The monoisotopic (exact) mass is 251 g/mol. The van der Waals surface area contributed by atoms with Gasteiger partial charge in [0, 0.05) is 36.7 Å². The Morgan fingerprint density at radius 3 is 2.84 bits per heavy atom. The van der Waals surface area contributed by atoms with E-state index in [9.17, 15) is 0 Å². The van der Waals surface area contributed by atoms with Gasteiger partial charge in [-0.25, -0.2) is 0 Å². The minimum atomic E-state index is 0.313. The van der Waals surface area contributed by atoms with Crippen molar-refractivity contribution in [2.75, 3.05) is 0 Å². The van der Waals surface area contributed by atoms with Gasteiger partial charge >= 0.3 is 0 Å². The number of para-hydroxylation sites is 1. The summed E-state index contributed by atoms with van der Waals surface area (Å²) in [5.41, 5.74) is 3.77. The van der Waals surface area contributed by atoms with Gasteiger partial charge in [-0.2, -0.15) is 0 Å². The average Bonchev–Trinajstić information content (AvgIpc) is 2.94. The lowest BCUT2D eigenvalue weighted by Crippen LogP contribution is -2.18. The largest absolute Gasteiger partial charge is 0.361 e. The number of benzene rings is 1. The van der Waals surface area contributed by atoms with Crippen molar-refractivity contribution in [3.05, 3.63) is 66.1 Å². The molecule has 2 N–H and O–H groups in total. The van der Waals surface area contributed by atoms with E-state index < -0.39 is 0 Å². The number of hydrogen-bond acceptors (Lipinski definition) is 2. The molecule has 0 aliphatic carbocycles. The first-order valence-corrected chi connectivity index (χ1v) is 6.53. The maximum Gasteiger partial charge on any atom is 0.0499 e. The summed E-state index contributed by atoms with van der Waals surface area (Å²) in [5.74, 6) is 0. The second-order valence-corrected chi connectivity index (χ2v) is 4.74. The van der Waals surface area contributed by atoms with Gasteiger partial charge in [0.05, 0.1) is 0 Å². The zero-order valence-corrected chi connectivity index (χ0v) is 10.9. The number of nitrogens with zero attached hydrogens (tertiary/aromatic N) is 1. The van der Waals surface area contributed by atoms with Gasteiger partial charge in [-0.05, 0) is 41.6 Å². The minimum Gasteiger partial charge on any atom is -0.361 e. The number of hydrogen-bond donors (Lipinski definition) is 2. The summed E-state index contributed by atoms with van der Waals surface area (Å²) in [5, 5.41) is 4.81. The van der Waals surface area contributed by atoms with E-state index in [1.807, 2.05) is 30.7 Å². The first-order chi connectivity index (χ1) is 9.34. The molecule has 19 heavy (non-hydrogen) atoms. The van der Waals surface area contributed by atoms with Crippen LogP contribution < -0.4 is 5.32 Å². The highest BCUT2D eigenvalue weighted by atomic mass is 14.9. The first kappa shape index (κ1) is 11.9. The molecule has 3 aromatic rings. The number of H-pyrrole nitrogens is 1. The van der Waals surface area contributed by atoms with E-state index in [2.05, 4.69) is 46.5 Å². The predicted octanol–water partition coefficient (Wildman–Crippen LogP) is 3.41. The lowest BCUT2D eigenvalue weighted by molar-refractivity contribution is 0.575. The molecule has 0 aliphatic heterocycles. The Kier molecular flexibility index (Phi) is 3.29. The summed E-state index contributed by atoms with van der Waals surface area (Å²) in [6.45, 7) is 3.02. The molecule has 0 spiro atoms. The third-order valence-corrected chi connectivity index (χ3v) is 3.48. The van der Waals surface area contributed by atoms with Crippen molar-refractivity contribution in [2.45, 2.75) is 19.5 Å². The van der Waals surface area contributed by atoms with Crippen LogP contribution in [0.25, 0.3) is 10.9 Å². The van der Waals surface area contributed by atoms with E-state index in [0.29, 0.717) is 6.04 Å². The van der Waals surface area contributed by atoms with Gasteiger partial charge in [0.1, 0.15) is 0 Å². The van der Waals surface area contributed by atoms with Crippen LogP contribution in [0.4, 0.5) is 0 Å². The molecule has 1 atom stereocenters. The molecule has 2 aromatic heterocycles. The Balaban J connectivity index is 1.74. The summed E-state index contributed by atoms with van der Waals surface area (Å²) in [4.78, 5) is 7.35. The highest BCUT2D eigenvalue weighted by Gasteiger charge is 2.06. The number of aromatic nitrogens is 2. The van der Waals surface area contributed by atoms with Gasteiger partial charge < -0.3 is 10.3 Å². The molecule has 3 heteroatoms. The van der Waals surface area contributed by atoms with Crippen LogP contribution in [0.1, 0.15) is 24.1 Å². The number of rotatable bonds is 4. The SMILES string of the molecule is C[C@@H](NCc1cccc2cc[nH]c12)c1ccncc1. The van der Waals surface area contributed by atoms with Gasteiger partial charge in [0.25, 0.3) is 0 Å². The average molecular weight is 251 g/mol. The summed E-state index contributed by atoms with van der Waals surface area (Å²) in [6, 6.07) is 12.9. The molecule has 0 saturated carbocycles. The van der Waals surface area contributed by atoms with E-state index >= 15 is 0 Å². The smallest absolute Gasteiger partial charge is 0.0499 e. The van der Waals surface area contributed by atoms with Gasteiger partial charge in [0.15, 0.2) is 0 Å². The molecule has 0 bridgehead atoms. The lowest BCUT2D eigenvalue weighted by atomic mass is 10.1. The Bertz CT molecular complexity index is 658. The molecule has 1 aromatic carbocycles. The van der Waals surface area contributed by atoms with Crippen LogP contribution >= 0.6 is 0 Å². The van der Waals surface area contributed by atoms with Crippen molar-refractivity contribution >= 4 is 10.9 Å². The van der Waals surface area contributed by atoms with E-state index in [1.54, 1.807) is 0 Å². The van der Waals surface area contributed by atoms with Crippen molar-refractivity contribution in [1.82, 2.24) is 15.3 Å². The van der Waals surface area contributed by atoms with Crippen molar-refractivity contribution in [2.24, 2.45) is 0 Å². The Hall–Kier alpha value is -2.13. The van der Waals surface area contributed by atoms with Gasteiger partial charge in [0.2, 0.25) is 0 Å². The molecule has 3 rings (SSSR count). The van der Waals surface area contributed by atoms with Crippen molar-refractivity contribution in [3.63, 3.8) is 0 Å². The second-order valence-electron chi connectivity index (χ2n) is 4.74. The van der Waals surface area contributed by atoms with Crippen molar-refractivity contribution in [1.29, 1.82) is 0 Å². The molecule has 2 heterocycles. The zero-order valence-electron chi connectivity index (χ0n) is 10.9. The molecule has 0 amide bonds. The Morgan fingerprint density at radius 1 is 1.16 bits per heavy atom. The summed E-state index contributed by atoms with van der Waals surface area (Å²) < 4.78 is 0. The van der Waals surface area contributed by atoms with Gasteiger partial charge in [-0.3, -0.25) is 4.98 Å². The Labute approximate surface area is 112 Å². The molecule has 0 saturated heterocycles.